The highest BCUT2D eigenvalue weighted by Crippen LogP contribution is 2.50. The molecule has 21 heavy (non-hydrogen) atoms. The van der Waals surface area contributed by atoms with Crippen molar-refractivity contribution >= 4 is 17.5 Å². The maximum atomic E-state index is 13.9. The Bertz CT molecular complexity index is 531. The van der Waals surface area contributed by atoms with Crippen molar-refractivity contribution < 1.29 is 9.18 Å². The molecule has 1 aliphatic heterocycles. The number of piperidine rings is 1. The first-order valence-electron chi connectivity index (χ1n) is 7.54. The van der Waals surface area contributed by atoms with Gasteiger partial charge in [0.05, 0.1) is 0 Å². The molecule has 1 aliphatic carbocycles. The number of benzene rings is 1. The highest BCUT2D eigenvalue weighted by Gasteiger charge is 2.46. The van der Waals surface area contributed by atoms with E-state index in [1.807, 2.05) is 0 Å². The molecule has 0 bridgehead atoms. The van der Waals surface area contributed by atoms with Gasteiger partial charge in [-0.05, 0) is 44.9 Å². The summed E-state index contributed by atoms with van der Waals surface area (Å²) in [5.41, 5.74) is 0.498. The number of hydrogen-bond acceptors (Lipinski definition) is 2. The third-order valence-corrected chi connectivity index (χ3v) is 4.80. The Morgan fingerprint density at radius 3 is 2.95 bits per heavy atom. The molecule has 1 saturated heterocycles. The molecule has 1 saturated carbocycles. The summed E-state index contributed by atoms with van der Waals surface area (Å²) in [5.74, 6) is -0.473. The van der Waals surface area contributed by atoms with Crippen LogP contribution in [0, 0.1) is 11.7 Å². The summed E-state index contributed by atoms with van der Waals surface area (Å²) in [5, 5.41) is 6.89. The Morgan fingerprint density at radius 2 is 2.24 bits per heavy atom. The first-order valence-corrected chi connectivity index (χ1v) is 7.91. The second-order valence-corrected chi connectivity index (χ2v) is 6.58. The highest BCUT2D eigenvalue weighted by atomic mass is 35.5. The fourth-order valence-electron chi connectivity index (χ4n) is 3.24. The first-order chi connectivity index (χ1) is 10.1. The minimum atomic E-state index is -0.307. The zero-order valence-corrected chi connectivity index (χ0v) is 12.8. The van der Waals surface area contributed by atoms with Gasteiger partial charge in [0.25, 0.3) is 0 Å². The van der Waals surface area contributed by atoms with Crippen LogP contribution in [0.25, 0.3) is 0 Å². The second kappa shape index (κ2) is 5.93. The van der Waals surface area contributed by atoms with Gasteiger partial charge in [-0.2, -0.15) is 0 Å². The van der Waals surface area contributed by atoms with Gasteiger partial charge in [0.2, 0.25) is 5.91 Å². The standard InChI is InChI=1S/C16H20ClFN2O/c1-9-7-10(5-6-19-9)20-16(21)12-8-11(12)15-13(17)3-2-4-14(15)18/h2-4,9-12,19H,5-8H2,1H3,(H,20,21). The van der Waals surface area contributed by atoms with Crippen LogP contribution in [0.1, 0.15) is 37.7 Å². The molecule has 0 aromatic heterocycles. The summed E-state index contributed by atoms with van der Waals surface area (Å²) in [6.07, 6.45) is 2.59. The van der Waals surface area contributed by atoms with Gasteiger partial charge in [0, 0.05) is 34.5 Å². The summed E-state index contributed by atoms with van der Waals surface area (Å²) in [6.45, 7) is 3.05. The Morgan fingerprint density at radius 1 is 1.43 bits per heavy atom. The summed E-state index contributed by atoms with van der Waals surface area (Å²) < 4.78 is 13.9. The van der Waals surface area contributed by atoms with Crippen molar-refractivity contribution in [2.75, 3.05) is 6.54 Å². The van der Waals surface area contributed by atoms with E-state index < -0.39 is 0 Å². The zero-order chi connectivity index (χ0) is 15.0. The highest BCUT2D eigenvalue weighted by molar-refractivity contribution is 6.31. The molecular formula is C16H20ClFN2O. The molecule has 114 valence electrons. The lowest BCUT2D eigenvalue weighted by molar-refractivity contribution is -0.123. The predicted octanol–water partition coefficient (Wildman–Crippen LogP) is 2.84. The van der Waals surface area contributed by atoms with E-state index in [0.29, 0.717) is 23.0 Å². The van der Waals surface area contributed by atoms with Crippen LogP contribution in [0.5, 0.6) is 0 Å². The van der Waals surface area contributed by atoms with Crippen LogP contribution < -0.4 is 10.6 Å². The summed E-state index contributed by atoms with van der Waals surface area (Å²) >= 11 is 6.07. The number of rotatable bonds is 3. The predicted molar refractivity (Wildman–Crippen MR) is 80.9 cm³/mol. The average Bonchev–Trinajstić information content (AvgIpc) is 3.19. The van der Waals surface area contributed by atoms with Crippen LogP contribution in [0.3, 0.4) is 0 Å². The van der Waals surface area contributed by atoms with Gasteiger partial charge in [0.15, 0.2) is 0 Å². The third kappa shape index (κ3) is 3.22. The van der Waals surface area contributed by atoms with Crippen LogP contribution in [-0.2, 0) is 4.79 Å². The van der Waals surface area contributed by atoms with Crippen LogP contribution in [0.15, 0.2) is 18.2 Å². The summed E-state index contributed by atoms with van der Waals surface area (Å²) in [4.78, 5) is 12.3. The Kier molecular flexibility index (Phi) is 4.18. The fraction of sp³-hybridized carbons (Fsp3) is 0.562. The third-order valence-electron chi connectivity index (χ3n) is 4.47. The molecule has 1 heterocycles. The van der Waals surface area contributed by atoms with Crippen LogP contribution >= 0.6 is 11.6 Å². The van der Waals surface area contributed by atoms with Crippen molar-refractivity contribution in [3.63, 3.8) is 0 Å². The second-order valence-electron chi connectivity index (χ2n) is 6.17. The lowest BCUT2D eigenvalue weighted by Gasteiger charge is -2.28. The SMILES string of the molecule is CC1CC(NC(=O)C2CC2c2c(F)cccc2Cl)CCN1. The van der Waals surface area contributed by atoms with E-state index in [-0.39, 0.29) is 29.6 Å². The molecule has 3 nitrogen and oxygen atoms in total. The normalized spacial score (nSPS) is 31.8. The van der Waals surface area contributed by atoms with E-state index in [0.717, 1.165) is 19.4 Å². The van der Waals surface area contributed by atoms with E-state index in [4.69, 9.17) is 11.6 Å². The monoisotopic (exact) mass is 310 g/mol. The largest absolute Gasteiger partial charge is 0.353 e. The average molecular weight is 311 g/mol. The summed E-state index contributed by atoms with van der Waals surface area (Å²) in [6, 6.07) is 5.34. The van der Waals surface area contributed by atoms with Crippen molar-refractivity contribution in [3.05, 3.63) is 34.6 Å². The van der Waals surface area contributed by atoms with Crippen LogP contribution in [-0.4, -0.2) is 24.5 Å². The van der Waals surface area contributed by atoms with Gasteiger partial charge < -0.3 is 10.6 Å². The number of carbonyl (C=O) groups excluding carboxylic acids is 1. The van der Waals surface area contributed by atoms with Crippen molar-refractivity contribution in [3.8, 4) is 0 Å². The minimum Gasteiger partial charge on any atom is -0.353 e. The van der Waals surface area contributed by atoms with Gasteiger partial charge in [-0.15, -0.1) is 0 Å². The number of amides is 1. The molecular weight excluding hydrogens is 291 g/mol. The lowest BCUT2D eigenvalue weighted by Crippen LogP contribution is -2.47. The molecule has 0 radical (unpaired) electrons. The number of halogens is 2. The van der Waals surface area contributed by atoms with Crippen molar-refractivity contribution in [2.45, 2.75) is 44.2 Å². The van der Waals surface area contributed by atoms with Crippen molar-refractivity contribution in [1.82, 2.24) is 10.6 Å². The van der Waals surface area contributed by atoms with Crippen LogP contribution in [0.4, 0.5) is 4.39 Å². The van der Waals surface area contributed by atoms with E-state index in [2.05, 4.69) is 17.6 Å². The molecule has 1 aromatic carbocycles. The van der Waals surface area contributed by atoms with Gasteiger partial charge in [-0.1, -0.05) is 17.7 Å². The molecule has 5 heteroatoms. The lowest BCUT2D eigenvalue weighted by atomic mass is 10.00. The first kappa shape index (κ1) is 14.8. The summed E-state index contributed by atoms with van der Waals surface area (Å²) in [7, 11) is 0. The van der Waals surface area contributed by atoms with E-state index >= 15 is 0 Å². The number of carbonyl (C=O) groups is 1. The van der Waals surface area contributed by atoms with E-state index in [1.165, 1.54) is 6.07 Å². The molecule has 2 N–H and O–H groups in total. The van der Waals surface area contributed by atoms with Gasteiger partial charge in [-0.25, -0.2) is 4.39 Å². The maximum Gasteiger partial charge on any atom is 0.223 e. The van der Waals surface area contributed by atoms with Crippen LogP contribution in [0.2, 0.25) is 5.02 Å². The number of nitrogens with one attached hydrogen (secondary N) is 2. The molecule has 2 aliphatic rings. The maximum absolute atomic E-state index is 13.9. The smallest absolute Gasteiger partial charge is 0.223 e. The fourth-order valence-corrected chi connectivity index (χ4v) is 3.54. The Balaban J connectivity index is 1.61. The zero-order valence-electron chi connectivity index (χ0n) is 12.0. The Labute approximate surface area is 129 Å². The van der Waals surface area contributed by atoms with Gasteiger partial charge in [0.1, 0.15) is 5.82 Å². The minimum absolute atomic E-state index is 0.0402. The van der Waals surface area contributed by atoms with E-state index in [1.54, 1.807) is 12.1 Å². The van der Waals surface area contributed by atoms with Crippen molar-refractivity contribution in [1.29, 1.82) is 0 Å². The number of hydrogen-bond donors (Lipinski definition) is 2. The molecule has 4 atom stereocenters. The van der Waals surface area contributed by atoms with Gasteiger partial charge >= 0.3 is 0 Å². The van der Waals surface area contributed by atoms with Crippen molar-refractivity contribution in [2.24, 2.45) is 5.92 Å². The molecule has 3 rings (SSSR count). The van der Waals surface area contributed by atoms with Gasteiger partial charge in [-0.3, -0.25) is 4.79 Å². The molecule has 4 unspecified atom stereocenters. The molecule has 0 spiro atoms. The molecule has 2 fully saturated rings. The molecule has 1 aromatic rings. The quantitative estimate of drug-likeness (QED) is 0.901. The topological polar surface area (TPSA) is 41.1 Å². The molecule has 1 amide bonds. The Hall–Kier alpha value is -1.13. The van der Waals surface area contributed by atoms with E-state index in [9.17, 15) is 9.18 Å².